The molecule has 0 aliphatic heterocycles. The fourth-order valence-electron chi connectivity index (χ4n) is 0.988. The number of hydrogen-bond acceptors (Lipinski definition) is 2. The van der Waals surface area contributed by atoms with Gasteiger partial charge in [-0.1, -0.05) is 13.8 Å². The highest BCUT2D eigenvalue weighted by atomic mass is 16.3. The highest BCUT2D eigenvalue weighted by Crippen LogP contribution is 2.08. The summed E-state index contributed by atoms with van der Waals surface area (Å²) in [4.78, 5) is 4.23. The number of amidine groups is 1. The van der Waals surface area contributed by atoms with Crippen molar-refractivity contribution < 1.29 is 4.42 Å². The monoisotopic (exact) mass is 180 g/mol. The van der Waals surface area contributed by atoms with Crippen LogP contribution in [0.4, 0.5) is 0 Å². The smallest absolute Gasteiger partial charge is 0.171 e. The van der Waals surface area contributed by atoms with Gasteiger partial charge >= 0.3 is 0 Å². The molecule has 2 N–H and O–H groups in total. The lowest BCUT2D eigenvalue weighted by atomic mass is 10.2. The van der Waals surface area contributed by atoms with Crippen molar-refractivity contribution in [3.8, 4) is 0 Å². The van der Waals surface area contributed by atoms with E-state index in [-0.39, 0.29) is 0 Å². The van der Waals surface area contributed by atoms with Gasteiger partial charge in [-0.2, -0.15) is 0 Å². The Labute approximate surface area is 78.7 Å². The molecule has 1 heterocycles. The molecule has 0 aliphatic rings. The van der Waals surface area contributed by atoms with Gasteiger partial charge in [-0.25, -0.2) is 0 Å². The van der Waals surface area contributed by atoms with E-state index >= 15 is 0 Å². The third kappa shape index (κ3) is 2.61. The van der Waals surface area contributed by atoms with Gasteiger partial charge in [0.1, 0.15) is 0 Å². The van der Waals surface area contributed by atoms with Crippen molar-refractivity contribution in [3.05, 3.63) is 23.7 Å². The minimum absolute atomic E-state index is 0.496. The predicted molar refractivity (Wildman–Crippen MR) is 53.9 cm³/mol. The average molecular weight is 180 g/mol. The summed E-state index contributed by atoms with van der Waals surface area (Å²) in [6.45, 7) is 6.90. The molecule has 0 saturated heterocycles. The number of hydrogen-bond donors (Lipinski definition) is 1. The minimum atomic E-state index is 0.496. The van der Waals surface area contributed by atoms with Crippen molar-refractivity contribution in [2.24, 2.45) is 16.6 Å². The van der Waals surface area contributed by atoms with Crippen molar-refractivity contribution in [1.29, 1.82) is 0 Å². The zero-order valence-corrected chi connectivity index (χ0v) is 8.37. The highest BCUT2D eigenvalue weighted by molar-refractivity contribution is 5.96. The summed E-state index contributed by atoms with van der Waals surface area (Å²) in [6.07, 6.45) is 1.63. The molecule has 3 nitrogen and oxygen atoms in total. The second kappa shape index (κ2) is 4.12. The van der Waals surface area contributed by atoms with Gasteiger partial charge in [0.25, 0.3) is 0 Å². The third-order valence-electron chi connectivity index (χ3n) is 1.72. The Morgan fingerprint density at radius 1 is 1.62 bits per heavy atom. The normalized spacial score (nSPS) is 12.5. The zero-order chi connectivity index (χ0) is 9.84. The van der Waals surface area contributed by atoms with Crippen molar-refractivity contribution in [1.82, 2.24) is 0 Å². The van der Waals surface area contributed by atoms with E-state index in [2.05, 4.69) is 18.8 Å². The first-order chi connectivity index (χ1) is 6.11. The van der Waals surface area contributed by atoms with Crippen molar-refractivity contribution in [3.63, 3.8) is 0 Å². The van der Waals surface area contributed by atoms with Gasteiger partial charge in [-0.05, 0) is 24.5 Å². The number of aliphatic imine (C=N–C) groups is 1. The van der Waals surface area contributed by atoms with E-state index in [1.807, 2.05) is 13.0 Å². The Morgan fingerprint density at radius 3 is 2.77 bits per heavy atom. The number of nitrogens with zero attached hydrogens (tertiary/aromatic N) is 1. The van der Waals surface area contributed by atoms with Crippen LogP contribution in [-0.2, 0) is 0 Å². The maximum atomic E-state index is 5.74. The maximum absolute atomic E-state index is 5.74. The van der Waals surface area contributed by atoms with Gasteiger partial charge in [0, 0.05) is 6.54 Å². The van der Waals surface area contributed by atoms with Crippen LogP contribution in [-0.4, -0.2) is 12.4 Å². The zero-order valence-electron chi connectivity index (χ0n) is 8.37. The molecular formula is C10H16N2O. The lowest BCUT2D eigenvalue weighted by Crippen LogP contribution is -2.15. The molecule has 0 aliphatic carbocycles. The Morgan fingerprint density at radius 2 is 2.31 bits per heavy atom. The Kier molecular flexibility index (Phi) is 3.12. The van der Waals surface area contributed by atoms with Gasteiger partial charge < -0.3 is 10.2 Å². The second-order valence-corrected chi connectivity index (χ2v) is 3.55. The summed E-state index contributed by atoms with van der Waals surface area (Å²) in [5.41, 5.74) is 6.78. The van der Waals surface area contributed by atoms with Crippen molar-refractivity contribution in [2.45, 2.75) is 20.8 Å². The van der Waals surface area contributed by atoms with Crippen LogP contribution in [0.2, 0.25) is 0 Å². The van der Waals surface area contributed by atoms with Crippen LogP contribution in [0.3, 0.4) is 0 Å². The second-order valence-electron chi connectivity index (χ2n) is 3.55. The van der Waals surface area contributed by atoms with Crippen molar-refractivity contribution in [2.75, 3.05) is 6.54 Å². The molecular weight excluding hydrogens is 164 g/mol. The van der Waals surface area contributed by atoms with E-state index in [4.69, 9.17) is 10.2 Å². The Bertz CT molecular complexity index is 300. The van der Waals surface area contributed by atoms with Crippen LogP contribution >= 0.6 is 0 Å². The summed E-state index contributed by atoms with van der Waals surface area (Å²) in [6, 6.07) is 1.88. The highest BCUT2D eigenvalue weighted by Gasteiger charge is 2.05. The molecule has 1 aromatic rings. The molecule has 72 valence electrons. The molecule has 0 unspecified atom stereocenters. The Hall–Kier alpha value is -1.25. The molecule has 0 atom stereocenters. The number of rotatable bonds is 3. The van der Waals surface area contributed by atoms with Gasteiger partial charge in [-0.15, -0.1) is 0 Å². The summed E-state index contributed by atoms with van der Waals surface area (Å²) >= 11 is 0. The van der Waals surface area contributed by atoms with E-state index in [1.54, 1.807) is 6.26 Å². The van der Waals surface area contributed by atoms with Crippen molar-refractivity contribution >= 4 is 5.84 Å². The Balaban J connectivity index is 2.73. The van der Waals surface area contributed by atoms with Crippen LogP contribution in [0.25, 0.3) is 0 Å². The molecule has 0 bridgehead atoms. The van der Waals surface area contributed by atoms with E-state index in [0.717, 1.165) is 12.1 Å². The fraction of sp³-hybridized carbons (Fsp3) is 0.500. The summed E-state index contributed by atoms with van der Waals surface area (Å²) in [7, 11) is 0. The van der Waals surface area contributed by atoms with Gasteiger partial charge in [-0.3, -0.25) is 4.99 Å². The van der Waals surface area contributed by atoms with Crippen LogP contribution in [0.15, 0.2) is 21.7 Å². The lowest BCUT2D eigenvalue weighted by Gasteiger charge is -2.01. The quantitative estimate of drug-likeness (QED) is 0.571. The SMILES string of the molecule is Cc1ccoc1C(N)=NCC(C)C. The largest absolute Gasteiger partial charge is 0.461 e. The summed E-state index contributed by atoms with van der Waals surface area (Å²) < 4.78 is 5.20. The van der Waals surface area contributed by atoms with E-state index in [9.17, 15) is 0 Å². The molecule has 0 amide bonds. The number of nitrogens with two attached hydrogens (primary N) is 1. The molecule has 0 aromatic carbocycles. The van der Waals surface area contributed by atoms with Gasteiger partial charge in [0.15, 0.2) is 11.6 Å². The van der Waals surface area contributed by atoms with Crippen LogP contribution in [0.1, 0.15) is 25.2 Å². The first-order valence-corrected chi connectivity index (χ1v) is 4.45. The summed E-state index contributed by atoms with van der Waals surface area (Å²) in [5.74, 6) is 1.71. The molecule has 1 aromatic heterocycles. The molecule has 0 radical (unpaired) electrons. The molecule has 13 heavy (non-hydrogen) atoms. The van der Waals surface area contributed by atoms with E-state index in [1.165, 1.54) is 0 Å². The summed E-state index contributed by atoms with van der Waals surface area (Å²) in [5, 5.41) is 0. The van der Waals surface area contributed by atoms with E-state index in [0.29, 0.717) is 17.5 Å². The fourth-order valence-corrected chi connectivity index (χ4v) is 0.988. The molecule has 0 saturated carbocycles. The third-order valence-corrected chi connectivity index (χ3v) is 1.72. The average Bonchev–Trinajstić information content (AvgIpc) is 2.47. The molecule has 0 fully saturated rings. The number of aryl methyl sites for hydroxylation is 1. The predicted octanol–water partition coefficient (Wildman–Crippen LogP) is 1.95. The molecule has 0 spiro atoms. The first-order valence-electron chi connectivity index (χ1n) is 4.45. The van der Waals surface area contributed by atoms with Gasteiger partial charge in [0.2, 0.25) is 0 Å². The lowest BCUT2D eigenvalue weighted by molar-refractivity contribution is 0.553. The molecule has 1 rings (SSSR count). The van der Waals surface area contributed by atoms with Crippen LogP contribution in [0.5, 0.6) is 0 Å². The molecule has 3 heteroatoms. The van der Waals surface area contributed by atoms with E-state index < -0.39 is 0 Å². The number of furan rings is 1. The van der Waals surface area contributed by atoms with Crippen LogP contribution < -0.4 is 5.73 Å². The standard InChI is InChI=1S/C10H16N2O/c1-7(2)6-12-10(11)9-8(3)4-5-13-9/h4-5,7H,6H2,1-3H3,(H2,11,12). The van der Waals surface area contributed by atoms with Crippen LogP contribution in [0, 0.1) is 12.8 Å². The van der Waals surface area contributed by atoms with Gasteiger partial charge in [0.05, 0.1) is 6.26 Å². The topological polar surface area (TPSA) is 51.5 Å². The maximum Gasteiger partial charge on any atom is 0.171 e. The minimum Gasteiger partial charge on any atom is -0.461 e. The first kappa shape index (κ1) is 9.84.